The third-order valence-corrected chi connectivity index (χ3v) is 4.25. The summed E-state index contributed by atoms with van der Waals surface area (Å²) in [6.07, 6.45) is -0.0704. The van der Waals surface area contributed by atoms with E-state index in [9.17, 15) is 24.1 Å². The second-order valence-electron chi connectivity index (χ2n) is 5.97. The molecule has 2 aromatic carbocycles. The molecule has 1 aliphatic heterocycles. The highest BCUT2D eigenvalue weighted by molar-refractivity contribution is 6.31. The highest BCUT2D eigenvalue weighted by atomic mass is 35.5. The van der Waals surface area contributed by atoms with E-state index in [1.807, 2.05) is 0 Å². The minimum absolute atomic E-state index is 0.0704. The second-order valence-corrected chi connectivity index (χ2v) is 6.41. The summed E-state index contributed by atoms with van der Waals surface area (Å²) < 4.78 is 18.7. The van der Waals surface area contributed by atoms with Gasteiger partial charge in [-0.15, -0.1) is 0 Å². The van der Waals surface area contributed by atoms with Crippen molar-refractivity contribution >= 4 is 34.9 Å². The lowest BCUT2D eigenvalue weighted by atomic mass is 9.89. The lowest BCUT2D eigenvalue weighted by molar-refractivity contribution is -0.383. The molecule has 0 saturated carbocycles. The van der Waals surface area contributed by atoms with Gasteiger partial charge in [-0.25, -0.2) is 9.18 Å². The van der Waals surface area contributed by atoms with Gasteiger partial charge >= 0.3 is 5.97 Å². The Morgan fingerprint density at radius 2 is 2.08 bits per heavy atom. The number of nitro groups is 1. The van der Waals surface area contributed by atoms with Crippen molar-refractivity contribution in [2.75, 3.05) is 5.32 Å². The number of nitro benzene ring substituents is 1. The minimum Gasteiger partial charge on any atom is -0.445 e. The van der Waals surface area contributed by atoms with E-state index >= 15 is 0 Å². The molecule has 1 aliphatic rings. The number of anilines is 1. The lowest BCUT2D eigenvalue weighted by Crippen LogP contribution is -2.49. The molecule has 1 amide bonds. The van der Waals surface area contributed by atoms with Crippen molar-refractivity contribution in [1.82, 2.24) is 0 Å². The molecule has 0 aromatic heterocycles. The number of esters is 1. The van der Waals surface area contributed by atoms with Crippen LogP contribution in [-0.2, 0) is 16.0 Å². The van der Waals surface area contributed by atoms with Gasteiger partial charge in [0.1, 0.15) is 11.5 Å². The molecule has 7 nitrogen and oxygen atoms in total. The van der Waals surface area contributed by atoms with Gasteiger partial charge < -0.3 is 10.1 Å². The van der Waals surface area contributed by atoms with Crippen molar-refractivity contribution in [2.45, 2.75) is 18.9 Å². The van der Waals surface area contributed by atoms with E-state index in [0.29, 0.717) is 5.56 Å². The average molecular weight is 379 g/mol. The number of halogens is 2. The Kier molecular flexibility index (Phi) is 4.37. The SMILES string of the molecule is CC1(C(=O)Nc2ccc(Cl)cc2[N+](=O)[O-])Cc2cc(F)ccc2C(=O)O1. The molecule has 9 heteroatoms. The molecule has 0 bridgehead atoms. The van der Waals surface area contributed by atoms with E-state index in [0.717, 1.165) is 18.2 Å². The molecular weight excluding hydrogens is 367 g/mol. The van der Waals surface area contributed by atoms with Crippen LogP contribution in [-0.4, -0.2) is 22.4 Å². The van der Waals surface area contributed by atoms with Gasteiger partial charge in [-0.3, -0.25) is 14.9 Å². The van der Waals surface area contributed by atoms with E-state index in [4.69, 9.17) is 16.3 Å². The van der Waals surface area contributed by atoms with Gasteiger partial charge in [0.25, 0.3) is 11.6 Å². The summed E-state index contributed by atoms with van der Waals surface area (Å²) in [6, 6.07) is 7.32. The number of benzene rings is 2. The Labute approximate surface area is 151 Å². The number of hydrogen-bond acceptors (Lipinski definition) is 5. The van der Waals surface area contributed by atoms with E-state index in [2.05, 4.69) is 5.32 Å². The summed E-state index contributed by atoms with van der Waals surface area (Å²) in [6.45, 7) is 1.36. The Hall–Kier alpha value is -3.00. The summed E-state index contributed by atoms with van der Waals surface area (Å²) in [5.74, 6) is -2.09. The number of ether oxygens (including phenoxy) is 1. The summed E-state index contributed by atoms with van der Waals surface area (Å²) in [5.41, 5.74) is -1.64. The molecule has 0 spiro atoms. The molecule has 2 aromatic rings. The van der Waals surface area contributed by atoms with Gasteiger partial charge in [0.05, 0.1) is 10.5 Å². The predicted molar refractivity (Wildman–Crippen MR) is 90.7 cm³/mol. The molecule has 1 atom stereocenters. The van der Waals surface area contributed by atoms with Crippen LogP contribution in [0.25, 0.3) is 0 Å². The van der Waals surface area contributed by atoms with Gasteiger partial charge in [-0.2, -0.15) is 0 Å². The first kappa shape index (κ1) is 17.8. The maximum absolute atomic E-state index is 13.5. The summed E-state index contributed by atoms with van der Waals surface area (Å²) in [4.78, 5) is 35.2. The first-order valence-electron chi connectivity index (χ1n) is 7.47. The predicted octanol–water partition coefficient (Wildman–Crippen LogP) is 3.50. The summed E-state index contributed by atoms with van der Waals surface area (Å²) in [5, 5.41) is 13.7. The lowest BCUT2D eigenvalue weighted by Gasteiger charge is -2.33. The Bertz CT molecular complexity index is 949. The van der Waals surface area contributed by atoms with E-state index in [-0.39, 0.29) is 22.7 Å². The molecule has 1 heterocycles. The largest absolute Gasteiger partial charge is 0.445 e. The fourth-order valence-corrected chi connectivity index (χ4v) is 2.88. The van der Waals surface area contributed by atoms with Crippen LogP contribution in [0.15, 0.2) is 36.4 Å². The van der Waals surface area contributed by atoms with Crippen LogP contribution in [0, 0.1) is 15.9 Å². The molecule has 0 radical (unpaired) electrons. The topological polar surface area (TPSA) is 98.5 Å². The number of cyclic esters (lactones) is 1. The number of amides is 1. The fourth-order valence-electron chi connectivity index (χ4n) is 2.71. The van der Waals surface area contributed by atoms with Gasteiger partial charge in [0, 0.05) is 17.5 Å². The van der Waals surface area contributed by atoms with Gasteiger partial charge in [-0.1, -0.05) is 11.6 Å². The van der Waals surface area contributed by atoms with Crippen LogP contribution in [0.4, 0.5) is 15.8 Å². The van der Waals surface area contributed by atoms with Crippen molar-refractivity contribution in [3.63, 3.8) is 0 Å². The third-order valence-electron chi connectivity index (χ3n) is 4.02. The van der Waals surface area contributed by atoms with Crippen LogP contribution in [0.2, 0.25) is 5.02 Å². The number of nitrogens with zero attached hydrogens (tertiary/aromatic N) is 1. The summed E-state index contributed by atoms with van der Waals surface area (Å²) >= 11 is 5.74. The Morgan fingerprint density at radius 3 is 2.77 bits per heavy atom. The molecule has 1 N–H and O–H groups in total. The Balaban J connectivity index is 1.91. The van der Waals surface area contributed by atoms with Gasteiger partial charge in [-0.05, 0) is 42.8 Å². The van der Waals surface area contributed by atoms with Crippen molar-refractivity contribution in [3.8, 4) is 0 Å². The average Bonchev–Trinajstić information content (AvgIpc) is 2.55. The number of carbonyl (C=O) groups is 2. The molecule has 3 rings (SSSR count). The normalized spacial score (nSPS) is 18.7. The zero-order valence-electron chi connectivity index (χ0n) is 13.4. The van der Waals surface area contributed by atoms with Crippen molar-refractivity contribution in [2.24, 2.45) is 0 Å². The first-order valence-corrected chi connectivity index (χ1v) is 7.84. The van der Waals surface area contributed by atoms with Crippen molar-refractivity contribution in [1.29, 1.82) is 0 Å². The maximum Gasteiger partial charge on any atom is 0.339 e. The fraction of sp³-hybridized carbons (Fsp3) is 0.176. The van der Waals surface area contributed by atoms with E-state index < -0.39 is 33.9 Å². The molecule has 0 aliphatic carbocycles. The maximum atomic E-state index is 13.5. The summed E-state index contributed by atoms with van der Waals surface area (Å²) in [7, 11) is 0. The second kappa shape index (κ2) is 6.38. The number of rotatable bonds is 3. The first-order chi connectivity index (χ1) is 12.2. The minimum atomic E-state index is -1.65. The highest BCUT2D eigenvalue weighted by Gasteiger charge is 2.43. The van der Waals surface area contributed by atoms with Gasteiger partial charge in [0.15, 0.2) is 5.60 Å². The number of hydrogen-bond donors (Lipinski definition) is 1. The molecule has 134 valence electrons. The van der Waals surface area contributed by atoms with Crippen LogP contribution in [0.3, 0.4) is 0 Å². The molecule has 0 saturated heterocycles. The molecule has 26 heavy (non-hydrogen) atoms. The van der Waals surface area contributed by atoms with Crippen LogP contribution in [0.1, 0.15) is 22.8 Å². The van der Waals surface area contributed by atoms with Crippen molar-refractivity contribution in [3.05, 3.63) is 68.5 Å². The highest BCUT2D eigenvalue weighted by Crippen LogP contribution is 2.32. The van der Waals surface area contributed by atoms with Crippen molar-refractivity contribution < 1.29 is 23.6 Å². The van der Waals surface area contributed by atoms with Crippen LogP contribution in [0.5, 0.6) is 0 Å². The zero-order chi connectivity index (χ0) is 19.1. The smallest absolute Gasteiger partial charge is 0.339 e. The van der Waals surface area contributed by atoms with E-state index in [1.165, 1.54) is 25.1 Å². The standard InChI is InChI=1S/C17H12ClFN2O5/c1-17(8-9-6-11(19)3-4-12(9)15(22)26-17)16(23)20-13-5-2-10(18)7-14(13)21(24)25/h2-7H,8H2,1H3,(H,20,23). The van der Waals surface area contributed by atoms with E-state index in [1.54, 1.807) is 0 Å². The van der Waals surface area contributed by atoms with Crippen LogP contribution >= 0.6 is 11.6 Å². The molecule has 1 unspecified atom stereocenters. The molecule has 0 fully saturated rings. The number of nitrogens with one attached hydrogen (secondary N) is 1. The molecular formula is C17H12ClFN2O5. The van der Waals surface area contributed by atoms with Gasteiger partial charge in [0.2, 0.25) is 0 Å². The quantitative estimate of drug-likeness (QED) is 0.500. The number of fused-ring (bicyclic) bond motifs is 1. The Morgan fingerprint density at radius 1 is 1.35 bits per heavy atom. The zero-order valence-corrected chi connectivity index (χ0v) is 14.2. The number of carbonyl (C=O) groups excluding carboxylic acids is 2. The monoisotopic (exact) mass is 378 g/mol. The third kappa shape index (κ3) is 3.23. The van der Waals surface area contributed by atoms with Crippen LogP contribution < -0.4 is 5.32 Å².